The number of hydrogen-bond donors (Lipinski definition) is 0. The molecule has 6 heteroatoms. The second-order valence-corrected chi connectivity index (χ2v) is 8.50. The molecule has 4 heterocycles. The van der Waals surface area contributed by atoms with Crippen LogP contribution in [0.5, 0.6) is 0 Å². The predicted molar refractivity (Wildman–Crippen MR) is 109 cm³/mol. The molecule has 3 fully saturated rings. The van der Waals surface area contributed by atoms with E-state index >= 15 is 0 Å². The lowest BCUT2D eigenvalue weighted by Crippen LogP contribution is -2.60. The Balaban J connectivity index is 1.29. The number of ether oxygens (including phenoxy) is 1. The van der Waals surface area contributed by atoms with Gasteiger partial charge in [0.05, 0.1) is 18.7 Å². The fraction of sp³-hybridized carbons (Fsp3) is 0.727. The minimum atomic E-state index is 0.242. The number of rotatable bonds is 5. The van der Waals surface area contributed by atoms with Gasteiger partial charge in [0.15, 0.2) is 0 Å². The van der Waals surface area contributed by atoms with E-state index in [1.54, 1.807) is 7.11 Å². The highest BCUT2D eigenvalue weighted by molar-refractivity contribution is 5.78. The van der Waals surface area contributed by atoms with E-state index in [1.807, 2.05) is 18.5 Å². The second kappa shape index (κ2) is 9.33. The van der Waals surface area contributed by atoms with Gasteiger partial charge in [0.25, 0.3) is 0 Å². The lowest BCUT2D eigenvalue weighted by Gasteiger charge is -2.53. The molecule has 0 unspecified atom stereocenters. The van der Waals surface area contributed by atoms with Crippen LogP contribution in [0.15, 0.2) is 24.5 Å². The van der Waals surface area contributed by atoms with E-state index < -0.39 is 0 Å². The van der Waals surface area contributed by atoms with E-state index in [0.29, 0.717) is 24.5 Å². The molecule has 2 atom stereocenters. The molecule has 0 radical (unpaired) electrons. The summed E-state index contributed by atoms with van der Waals surface area (Å²) in [5.74, 6) is 0.322. The number of likely N-dealkylation sites (tertiary alicyclic amines) is 3. The number of piperidine rings is 1. The third-order valence-corrected chi connectivity index (χ3v) is 6.77. The van der Waals surface area contributed by atoms with Crippen molar-refractivity contribution in [3.8, 4) is 0 Å². The van der Waals surface area contributed by atoms with Crippen LogP contribution in [-0.2, 0) is 9.53 Å². The number of carbonyl (C=O) groups is 1. The number of methoxy groups -OCH3 is 1. The predicted octanol–water partition coefficient (Wildman–Crippen LogP) is 2.32. The van der Waals surface area contributed by atoms with Gasteiger partial charge in [0.1, 0.15) is 0 Å². The molecule has 0 spiro atoms. The maximum absolute atomic E-state index is 12.8. The highest BCUT2D eigenvalue weighted by Gasteiger charge is 2.44. The minimum Gasteiger partial charge on any atom is -0.378 e. The third kappa shape index (κ3) is 4.39. The van der Waals surface area contributed by atoms with Crippen molar-refractivity contribution < 1.29 is 9.53 Å². The maximum atomic E-state index is 12.8. The molecule has 3 aliphatic rings. The summed E-state index contributed by atoms with van der Waals surface area (Å²) in [6, 6.07) is 4.97. The normalized spacial score (nSPS) is 28.0. The van der Waals surface area contributed by atoms with Crippen LogP contribution in [0, 0.1) is 0 Å². The zero-order valence-corrected chi connectivity index (χ0v) is 17.1. The highest BCUT2D eigenvalue weighted by atomic mass is 16.5. The number of pyridine rings is 1. The number of nitrogens with zero attached hydrogens (tertiary/aromatic N) is 4. The van der Waals surface area contributed by atoms with Gasteiger partial charge in [0.2, 0.25) is 5.91 Å². The van der Waals surface area contributed by atoms with E-state index in [-0.39, 0.29) is 6.10 Å². The molecule has 1 aromatic heterocycles. The fourth-order valence-electron chi connectivity index (χ4n) is 5.07. The van der Waals surface area contributed by atoms with Gasteiger partial charge < -0.3 is 9.64 Å². The van der Waals surface area contributed by atoms with Crippen molar-refractivity contribution >= 4 is 5.91 Å². The van der Waals surface area contributed by atoms with Crippen molar-refractivity contribution in [1.82, 2.24) is 19.7 Å². The van der Waals surface area contributed by atoms with Crippen LogP contribution in [0.1, 0.15) is 50.1 Å². The van der Waals surface area contributed by atoms with Crippen LogP contribution in [0.3, 0.4) is 0 Å². The van der Waals surface area contributed by atoms with Gasteiger partial charge in [-0.2, -0.15) is 0 Å². The molecule has 3 saturated heterocycles. The minimum absolute atomic E-state index is 0.242. The van der Waals surface area contributed by atoms with Gasteiger partial charge >= 0.3 is 0 Å². The largest absolute Gasteiger partial charge is 0.378 e. The lowest BCUT2D eigenvalue weighted by molar-refractivity contribution is -0.138. The Kier molecular flexibility index (Phi) is 6.60. The summed E-state index contributed by atoms with van der Waals surface area (Å²) < 4.78 is 5.69. The summed E-state index contributed by atoms with van der Waals surface area (Å²) >= 11 is 0. The molecular weight excluding hydrogens is 352 g/mol. The van der Waals surface area contributed by atoms with E-state index in [4.69, 9.17) is 4.74 Å². The summed E-state index contributed by atoms with van der Waals surface area (Å²) in [7, 11) is 1.80. The molecule has 1 aromatic rings. The zero-order chi connectivity index (χ0) is 19.3. The Hall–Kier alpha value is -1.50. The maximum Gasteiger partial charge on any atom is 0.236 e. The fourth-order valence-corrected chi connectivity index (χ4v) is 5.07. The van der Waals surface area contributed by atoms with Crippen LogP contribution in [-0.4, -0.2) is 84.1 Å². The SMILES string of the molecule is CO[C@H]1CN(C2CCN(C(=O)CN3CCCCCC3)CC2)[C@H]1c1cccnc1. The first-order chi connectivity index (χ1) is 13.8. The van der Waals surface area contributed by atoms with Crippen LogP contribution >= 0.6 is 0 Å². The molecule has 0 N–H and O–H groups in total. The molecule has 0 bridgehead atoms. The van der Waals surface area contributed by atoms with E-state index in [9.17, 15) is 4.79 Å². The van der Waals surface area contributed by atoms with E-state index in [2.05, 4.69) is 25.8 Å². The first kappa shape index (κ1) is 19.8. The Bertz CT molecular complexity index is 625. The number of aromatic nitrogens is 1. The smallest absolute Gasteiger partial charge is 0.236 e. The number of amides is 1. The summed E-state index contributed by atoms with van der Waals surface area (Å²) in [4.78, 5) is 24.1. The third-order valence-electron chi connectivity index (χ3n) is 6.77. The van der Waals surface area contributed by atoms with Crippen molar-refractivity contribution in [2.24, 2.45) is 0 Å². The van der Waals surface area contributed by atoms with Crippen molar-refractivity contribution in [3.05, 3.63) is 30.1 Å². The summed E-state index contributed by atoms with van der Waals surface area (Å²) in [6.07, 6.45) is 11.2. The van der Waals surface area contributed by atoms with Crippen molar-refractivity contribution in [2.45, 2.75) is 56.7 Å². The average Bonchev–Trinajstić information content (AvgIpc) is 2.97. The first-order valence-corrected chi connectivity index (χ1v) is 10.9. The van der Waals surface area contributed by atoms with Gasteiger partial charge in [-0.3, -0.25) is 19.6 Å². The van der Waals surface area contributed by atoms with Gasteiger partial charge in [-0.25, -0.2) is 0 Å². The molecule has 3 aliphatic heterocycles. The Morgan fingerprint density at radius 3 is 2.54 bits per heavy atom. The Labute approximate surface area is 168 Å². The highest BCUT2D eigenvalue weighted by Crippen LogP contribution is 2.39. The zero-order valence-electron chi connectivity index (χ0n) is 17.1. The lowest BCUT2D eigenvalue weighted by atomic mass is 9.87. The molecule has 28 heavy (non-hydrogen) atoms. The molecule has 0 aliphatic carbocycles. The van der Waals surface area contributed by atoms with Gasteiger partial charge in [-0.1, -0.05) is 18.9 Å². The summed E-state index contributed by atoms with van der Waals surface area (Å²) in [6.45, 7) is 5.51. The number of hydrogen-bond acceptors (Lipinski definition) is 5. The van der Waals surface area contributed by atoms with E-state index in [1.165, 1.54) is 31.2 Å². The topological polar surface area (TPSA) is 48.9 Å². The van der Waals surface area contributed by atoms with Crippen LogP contribution < -0.4 is 0 Å². The van der Waals surface area contributed by atoms with Gasteiger partial charge in [0, 0.05) is 45.2 Å². The molecular formula is C22H34N4O2. The van der Waals surface area contributed by atoms with Crippen molar-refractivity contribution in [1.29, 1.82) is 0 Å². The Morgan fingerprint density at radius 1 is 1.14 bits per heavy atom. The van der Waals surface area contributed by atoms with Crippen molar-refractivity contribution in [2.75, 3.05) is 46.4 Å². The molecule has 1 amide bonds. The van der Waals surface area contributed by atoms with Crippen LogP contribution in [0.2, 0.25) is 0 Å². The monoisotopic (exact) mass is 386 g/mol. The molecule has 154 valence electrons. The van der Waals surface area contributed by atoms with Gasteiger partial charge in [-0.05, 0) is 50.4 Å². The Morgan fingerprint density at radius 2 is 1.89 bits per heavy atom. The summed E-state index contributed by atoms with van der Waals surface area (Å²) in [5.41, 5.74) is 1.24. The number of carbonyl (C=O) groups excluding carboxylic acids is 1. The standard InChI is InChI=1S/C22H34N4O2/c1-28-20-16-26(22(20)18-7-6-10-23-15-18)19-8-13-25(14-9-19)21(27)17-24-11-4-2-3-5-12-24/h6-7,10,15,19-20,22H,2-5,8-9,11-14,16-17H2,1H3/t20-,22-/m0/s1. The first-order valence-electron chi connectivity index (χ1n) is 10.9. The van der Waals surface area contributed by atoms with Crippen LogP contribution in [0.25, 0.3) is 0 Å². The van der Waals surface area contributed by atoms with Crippen molar-refractivity contribution in [3.63, 3.8) is 0 Å². The second-order valence-electron chi connectivity index (χ2n) is 8.50. The quantitative estimate of drug-likeness (QED) is 0.777. The molecule has 4 rings (SSSR count). The molecule has 0 saturated carbocycles. The van der Waals surface area contributed by atoms with Gasteiger partial charge in [-0.15, -0.1) is 0 Å². The summed E-state index contributed by atoms with van der Waals surface area (Å²) in [5, 5.41) is 0. The van der Waals surface area contributed by atoms with Crippen LogP contribution in [0.4, 0.5) is 0 Å². The average molecular weight is 387 g/mol. The van der Waals surface area contributed by atoms with E-state index in [0.717, 1.165) is 45.6 Å². The molecule has 0 aromatic carbocycles. The molecule has 6 nitrogen and oxygen atoms in total.